The molecule has 3 aromatic rings. The number of aromatic nitrogens is 4. The number of carbonyl (C=O) groups excluding carboxylic acids is 1. The van der Waals surface area contributed by atoms with E-state index >= 15 is 0 Å². The summed E-state index contributed by atoms with van der Waals surface area (Å²) in [5.41, 5.74) is 1.08. The summed E-state index contributed by atoms with van der Waals surface area (Å²) in [6, 6.07) is 8.86. The molecule has 1 aromatic carbocycles. The van der Waals surface area contributed by atoms with Crippen molar-refractivity contribution in [3.8, 4) is 11.4 Å². The molecule has 7 nitrogen and oxygen atoms in total. The van der Waals surface area contributed by atoms with Gasteiger partial charge in [0, 0.05) is 5.56 Å². The predicted octanol–water partition coefficient (Wildman–Crippen LogP) is 2.73. The Morgan fingerprint density at radius 3 is 2.91 bits per heavy atom. The molecule has 3 rings (SSSR count). The third-order valence-corrected chi connectivity index (χ3v) is 3.57. The molecule has 0 fully saturated rings. The van der Waals surface area contributed by atoms with E-state index in [1.165, 1.54) is 11.9 Å². The molecule has 0 aliphatic heterocycles. The van der Waals surface area contributed by atoms with E-state index in [0.717, 1.165) is 0 Å². The number of benzene rings is 1. The van der Waals surface area contributed by atoms with Gasteiger partial charge in [0.2, 0.25) is 5.82 Å². The maximum Gasteiger partial charge on any atom is 0.341 e. The van der Waals surface area contributed by atoms with Crippen LogP contribution in [0.2, 0.25) is 5.02 Å². The standard InChI is InChI=1S/C15H13ClN4O3/c1-9-12(15(21)22-2)7-10(23-9)8-20-18-14(17-19-20)11-5-3-4-6-13(11)16/h3-7H,8H2,1-2H3. The van der Waals surface area contributed by atoms with Crippen LogP contribution in [0.4, 0.5) is 0 Å². The maximum atomic E-state index is 11.6. The third-order valence-electron chi connectivity index (χ3n) is 3.24. The SMILES string of the molecule is COC(=O)c1cc(Cn2nnc(-c3ccccc3Cl)n2)oc1C. The van der Waals surface area contributed by atoms with E-state index < -0.39 is 5.97 Å². The average molecular weight is 333 g/mol. The molecular weight excluding hydrogens is 320 g/mol. The topological polar surface area (TPSA) is 83.0 Å². The lowest BCUT2D eigenvalue weighted by Crippen LogP contribution is -2.03. The highest BCUT2D eigenvalue weighted by molar-refractivity contribution is 6.33. The quantitative estimate of drug-likeness (QED) is 0.683. The van der Waals surface area contributed by atoms with Crippen molar-refractivity contribution in [2.24, 2.45) is 0 Å². The number of esters is 1. The Morgan fingerprint density at radius 1 is 1.39 bits per heavy atom. The molecule has 0 saturated carbocycles. The predicted molar refractivity (Wildman–Crippen MR) is 82.1 cm³/mol. The number of ether oxygens (including phenoxy) is 1. The fourth-order valence-electron chi connectivity index (χ4n) is 2.13. The Kier molecular flexibility index (Phi) is 4.12. The Bertz CT molecular complexity index is 856. The van der Waals surface area contributed by atoms with Gasteiger partial charge in [-0.05, 0) is 30.3 Å². The van der Waals surface area contributed by atoms with Crippen LogP contribution in [0.5, 0.6) is 0 Å². The van der Waals surface area contributed by atoms with Crippen LogP contribution in [0.15, 0.2) is 34.7 Å². The summed E-state index contributed by atoms with van der Waals surface area (Å²) in [5.74, 6) is 0.997. The number of nitrogens with zero attached hydrogens (tertiary/aromatic N) is 4. The number of furan rings is 1. The van der Waals surface area contributed by atoms with Gasteiger partial charge >= 0.3 is 5.97 Å². The number of halogens is 1. The fourth-order valence-corrected chi connectivity index (χ4v) is 2.35. The second kappa shape index (κ2) is 6.21. The summed E-state index contributed by atoms with van der Waals surface area (Å²) in [7, 11) is 1.32. The van der Waals surface area contributed by atoms with Crippen LogP contribution in [-0.2, 0) is 11.3 Å². The van der Waals surface area contributed by atoms with Gasteiger partial charge < -0.3 is 9.15 Å². The molecule has 0 radical (unpaired) electrons. The van der Waals surface area contributed by atoms with Gasteiger partial charge in [-0.15, -0.1) is 10.2 Å². The first kappa shape index (κ1) is 15.2. The summed E-state index contributed by atoms with van der Waals surface area (Å²) in [4.78, 5) is 13.0. The first-order valence-corrected chi connectivity index (χ1v) is 7.16. The monoisotopic (exact) mass is 332 g/mol. The highest BCUT2D eigenvalue weighted by Crippen LogP contribution is 2.24. The molecule has 0 atom stereocenters. The van der Waals surface area contributed by atoms with Crippen molar-refractivity contribution < 1.29 is 13.9 Å². The number of hydrogen-bond acceptors (Lipinski definition) is 6. The minimum absolute atomic E-state index is 0.245. The van der Waals surface area contributed by atoms with Crippen LogP contribution in [0, 0.1) is 6.92 Å². The molecule has 0 N–H and O–H groups in total. The van der Waals surface area contributed by atoms with Crippen molar-refractivity contribution in [3.63, 3.8) is 0 Å². The zero-order valence-corrected chi connectivity index (χ0v) is 13.2. The Labute approximate surface area is 136 Å². The molecular formula is C15H13ClN4O3. The molecule has 2 heterocycles. The Balaban J connectivity index is 1.83. The van der Waals surface area contributed by atoms with Crippen molar-refractivity contribution in [1.82, 2.24) is 20.2 Å². The van der Waals surface area contributed by atoms with Crippen LogP contribution >= 0.6 is 11.6 Å². The minimum Gasteiger partial charge on any atom is -0.465 e. The summed E-state index contributed by atoms with van der Waals surface area (Å²) in [6.45, 7) is 1.94. The van der Waals surface area contributed by atoms with Crippen LogP contribution in [-0.4, -0.2) is 33.3 Å². The second-order valence-electron chi connectivity index (χ2n) is 4.80. The van der Waals surface area contributed by atoms with E-state index in [2.05, 4.69) is 15.4 Å². The van der Waals surface area contributed by atoms with Crippen LogP contribution in [0.25, 0.3) is 11.4 Å². The molecule has 0 saturated heterocycles. The lowest BCUT2D eigenvalue weighted by molar-refractivity contribution is 0.0599. The average Bonchev–Trinajstić information content (AvgIpc) is 3.14. The third kappa shape index (κ3) is 3.09. The number of methoxy groups -OCH3 is 1. The highest BCUT2D eigenvalue weighted by Gasteiger charge is 2.16. The van der Waals surface area contributed by atoms with Crippen molar-refractivity contribution in [2.45, 2.75) is 13.5 Å². The van der Waals surface area contributed by atoms with Crippen LogP contribution < -0.4 is 0 Å². The van der Waals surface area contributed by atoms with Crippen LogP contribution in [0.3, 0.4) is 0 Å². The van der Waals surface area contributed by atoms with Crippen molar-refractivity contribution >= 4 is 17.6 Å². The van der Waals surface area contributed by atoms with Gasteiger partial charge in [-0.3, -0.25) is 0 Å². The zero-order chi connectivity index (χ0) is 16.4. The van der Waals surface area contributed by atoms with Crippen molar-refractivity contribution in [2.75, 3.05) is 7.11 Å². The van der Waals surface area contributed by atoms with Gasteiger partial charge in [0.15, 0.2) is 0 Å². The van der Waals surface area contributed by atoms with E-state index in [9.17, 15) is 4.79 Å². The summed E-state index contributed by atoms with van der Waals surface area (Å²) in [6.07, 6.45) is 0. The number of carbonyl (C=O) groups is 1. The smallest absolute Gasteiger partial charge is 0.341 e. The molecule has 0 unspecified atom stereocenters. The first-order chi connectivity index (χ1) is 11.1. The van der Waals surface area contributed by atoms with Gasteiger partial charge in [0.1, 0.15) is 23.6 Å². The molecule has 0 bridgehead atoms. The fraction of sp³-hybridized carbons (Fsp3) is 0.200. The Hall–Kier alpha value is -2.67. The lowest BCUT2D eigenvalue weighted by atomic mass is 10.2. The molecule has 23 heavy (non-hydrogen) atoms. The van der Waals surface area contributed by atoms with Crippen LogP contribution in [0.1, 0.15) is 21.9 Å². The molecule has 0 aliphatic rings. The van der Waals surface area contributed by atoms with Crippen molar-refractivity contribution in [1.29, 1.82) is 0 Å². The summed E-state index contributed by atoms with van der Waals surface area (Å²) < 4.78 is 10.2. The van der Waals surface area contributed by atoms with E-state index in [1.807, 2.05) is 18.2 Å². The molecule has 8 heteroatoms. The lowest BCUT2D eigenvalue weighted by Gasteiger charge is -1.97. The minimum atomic E-state index is -0.444. The van der Waals surface area contributed by atoms with Gasteiger partial charge in [-0.25, -0.2) is 4.79 Å². The molecule has 118 valence electrons. The van der Waals surface area contributed by atoms with E-state index in [1.54, 1.807) is 19.1 Å². The number of hydrogen-bond donors (Lipinski definition) is 0. The van der Waals surface area contributed by atoms with E-state index in [0.29, 0.717) is 33.5 Å². The number of rotatable bonds is 4. The second-order valence-corrected chi connectivity index (χ2v) is 5.20. The molecule has 0 amide bonds. The van der Waals surface area contributed by atoms with Crippen molar-refractivity contribution in [3.05, 3.63) is 52.4 Å². The zero-order valence-electron chi connectivity index (χ0n) is 12.5. The largest absolute Gasteiger partial charge is 0.465 e. The summed E-state index contributed by atoms with van der Waals surface area (Å²) in [5, 5.41) is 12.8. The van der Waals surface area contributed by atoms with Gasteiger partial charge in [-0.2, -0.15) is 4.80 Å². The number of tetrazole rings is 1. The van der Waals surface area contributed by atoms with Gasteiger partial charge in [0.25, 0.3) is 0 Å². The highest BCUT2D eigenvalue weighted by atomic mass is 35.5. The van der Waals surface area contributed by atoms with Gasteiger partial charge in [0.05, 0.1) is 12.1 Å². The van der Waals surface area contributed by atoms with Gasteiger partial charge in [-0.1, -0.05) is 23.7 Å². The van der Waals surface area contributed by atoms with E-state index in [-0.39, 0.29) is 6.54 Å². The molecule has 0 spiro atoms. The normalized spacial score (nSPS) is 10.7. The molecule has 0 aliphatic carbocycles. The number of aryl methyl sites for hydroxylation is 1. The summed E-state index contributed by atoms with van der Waals surface area (Å²) >= 11 is 6.12. The Morgan fingerprint density at radius 2 is 2.17 bits per heavy atom. The maximum absolute atomic E-state index is 11.6. The first-order valence-electron chi connectivity index (χ1n) is 6.79. The molecule has 2 aromatic heterocycles. The van der Waals surface area contributed by atoms with E-state index in [4.69, 9.17) is 20.8 Å².